The fourth-order valence-corrected chi connectivity index (χ4v) is 3.27. The number of hydrogen-bond acceptors (Lipinski definition) is 2. The minimum atomic E-state index is -4.10. The molecule has 3 nitrogen and oxygen atoms in total. The zero-order valence-corrected chi connectivity index (χ0v) is 14.9. The zero-order valence-electron chi connectivity index (χ0n) is 13.4. The largest absolute Gasteiger partial charge is 0.294 e. The summed E-state index contributed by atoms with van der Waals surface area (Å²) in [6, 6.07) is 4.81. The van der Waals surface area contributed by atoms with E-state index in [-0.39, 0.29) is 4.90 Å². The first-order chi connectivity index (χ1) is 10.4. The molecule has 0 saturated carbocycles. The van der Waals surface area contributed by atoms with Gasteiger partial charge in [0, 0.05) is 5.88 Å². The van der Waals surface area contributed by atoms with Gasteiger partial charge in [-0.15, -0.1) is 11.6 Å². The van der Waals surface area contributed by atoms with Gasteiger partial charge in [-0.25, -0.2) is 0 Å². The van der Waals surface area contributed by atoms with Gasteiger partial charge in [0.1, 0.15) is 0 Å². The summed E-state index contributed by atoms with van der Waals surface area (Å²) in [5.74, 6) is 0.766. The standard InChI is InChI=1S/C17H27ClO3S/c1-15-11-12-17(22(19,20)21)14-16(15)10-8-6-4-2-3-5-7-9-13-18/h11-12,14H,2-10,13H2,1H3,(H,19,20,21). The molecular formula is C17H27ClO3S. The van der Waals surface area contributed by atoms with E-state index in [0.29, 0.717) is 0 Å². The third-order valence-electron chi connectivity index (χ3n) is 3.95. The van der Waals surface area contributed by atoms with Gasteiger partial charge in [0.15, 0.2) is 0 Å². The van der Waals surface area contributed by atoms with Gasteiger partial charge in [-0.2, -0.15) is 8.42 Å². The molecule has 0 amide bonds. The second-order valence-electron chi connectivity index (χ2n) is 5.83. The van der Waals surface area contributed by atoms with Crippen molar-refractivity contribution in [3.05, 3.63) is 29.3 Å². The lowest BCUT2D eigenvalue weighted by atomic mass is 10.0. The Morgan fingerprint density at radius 2 is 1.50 bits per heavy atom. The van der Waals surface area contributed by atoms with Crippen molar-refractivity contribution in [3.8, 4) is 0 Å². The molecule has 126 valence electrons. The first kappa shape index (κ1) is 19.5. The third-order valence-corrected chi connectivity index (χ3v) is 5.07. The number of unbranched alkanes of at least 4 members (excludes halogenated alkanes) is 7. The van der Waals surface area contributed by atoms with Crippen LogP contribution in [-0.2, 0) is 16.5 Å². The Kier molecular flexibility index (Phi) is 9.06. The van der Waals surface area contributed by atoms with Crippen LogP contribution in [0.3, 0.4) is 0 Å². The number of rotatable bonds is 11. The number of aryl methyl sites for hydroxylation is 2. The van der Waals surface area contributed by atoms with E-state index in [0.717, 1.165) is 42.7 Å². The monoisotopic (exact) mass is 346 g/mol. The first-order valence-electron chi connectivity index (χ1n) is 8.08. The molecule has 0 unspecified atom stereocenters. The molecule has 0 saturated heterocycles. The second-order valence-corrected chi connectivity index (χ2v) is 7.63. The van der Waals surface area contributed by atoms with Crippen LogP contribution in [0, 0.1) is 6.92 Å². The van der Waals surface area contributed by atoms with Crippen LogP contribution in [0.4, 0.5) is 0 Å². The van der Waals surface area contributed by atoms with Gasteiger partial charge in [0.25, 0.3) is 10.1 Å². The molecule has 1 N–H and O–H groups in total. The van der Waals surface area contributed by atoms with Crippen molar-refractivity contribution in [2.24, 2.45) is 0 Å². The number of alkyl halides is 1. The normalized spacial score (nSPS) is 11.8. The van der Waals surface area contributed by atoms with Gasteiger partial charge in [-0.3, -0.25) is 4.55 Å². The van der Waals surface area contributed by atoms with E-state index in [1.807, 2.05) is 6.92 Å². The maximum atomic E-state index is 11.2. The van der Waals surface area contributed by atoms with E-state index in [4.69, 9.17) is 16.2 Å². The van der Waals surface area contributed by atoms with Crippen molar-refractivity contribution >= 4 is 21.7 Å². The summed E-state index contributed by atoms with van der Waals surface area (Å²) < 4.78 is 31.4. The lowest BCUT2D eigenvalue weighted by molar-refractivity contribution is 0.483. The Bertz CT molecular complexity index is 541. The van der Waals surface area contributed by atoms with Crippen molar-refractivity contribution < 1.29 is 13.0 Å². The first-order valence-corrected chi connectivity index (χ1v) is 10.1. The Balaban J connectivity index is 2.28. The molecule has 5 heteroatoms. The Morgan fingerprint density at radius 1 is 0.955 bits per heavy atom. The van der Waals surface area contributed by atoms with Gasteiger partial charge in [-0.05, 0) is 49.4 Å². The van der Waals surface area contributed by atoms with E-state index in [1.54, 1.807) is 12.1 Å². The highest BCUT2D eigenvalue weighted by molar-refractivity contribution is 7.85. The molecule has 0 atom stereocenters. The molecule has 22 heavy (non-hydrogen) atoms. The fourth-order valence-electron chi connectivity index (χ4n) is 2.55. The van der Waals surface area contributed by atoms with Crippen molar-refractivity contribution in [2.45, 2.75) is 69.6 Å². The maximum Gasteiger partial charge on any atom is 0.294 e. The number of benzene rings is 1. The molecule has 0 aromatic heterocycles. The minimum absolute atomic E-state index is 0.00704. The van der Waals surface area contributed by atoms with Gasteiger partial charge in [-0.1, -0.05) is 44.6 Å². The van der Waals surface area contributed by atoms with Crippen molar-refractivity contribution in [3.63, 3.8) is 0 Å². The topological polar surface area (TPSA) is 54.4 Å². The molecule has 0 spiro atoms. The van der Waals surface area contributed by atoms with Gasteiger partial charge in [0.2, 0.25) is 0 Å². The predicted molar refractivity (Wildman–Crippen MR) is 92.4 cm³/mol. The zero-order chi connectivity index (χ0) is 16.4. The van der Waals surface area contributed by atoms with Crippen LogP contribution in [0.1, 0.15) is 62.5 Å². The summed E-state index contributed by atoms with van der Waals surface area (Å²) >= 11 is 5.64. The molecule has 0 aliphatic heterocycles. The maximum absolute atomic E-state index is 11.2. The highest BCUT2D eigenvalue weighted by Crippen LogP contribution is 2.18. The molecule has 1 rings (SSSR count). The molecule has 0 fully saturated rings. The van der Waals surface area contributed by atoms with Gasteiger partial charge in [0.05, 0.1) is 4.90 Å². The summed E-state index contributed by atoms with van der Waals surface area (Å²) in [7, 11) is -4.10. The lowest BCUT2D eigenvalue weighted by Crippen LogP contribution is -2.00. The second kappa shape index (κ2) is 10.2. The van der Waals surface area contributed by atoms with Crippen LogP contribution in [0.2, 0.25) is 0 Å². The van der Waals surface area contributed by atoms with Crippen LogP contribution < -0.4 is 0 Å². The molecule has 0 radical (unpaired) electrons. The minimum Gasteiger partial charge on any atom is -0.282 e. The fraction of sp³-hybridized carbons (Fsp3) is 0.647. The summed E-state index contributed by atoms with van der Waals surface area (Å²) in [6.45, 7) is 1.97. The van der Waals surface area contributed by atoms with Crippen LogP contribution in [0.15, 0.2) is 23.1 Å². The highest BCUT2D eigenvalue weighted by Gasteiger charge is 2.11. The predicted octanol–water partition coefficient (Wildman–Crippen LogP) is 5.14. The van der Waals surface area contributed by atoms with Crippen molar-refractivity contribution in [1.82, 2.24) is 0 Å². The quantitative estimate of drug-likeness (QED) is 0.342. The summed E-state index contributed by atoms with van der Waals surface area (Å²) in [5, 5.41) is 0. The van der Waals surface area contributed by atoms with E-state index >= 15 is 0 Å². The molecule has 0 aliphatic rings. The Labute approximate surface area is 139 Å². The van der Waals surface area contributed by atoms with Gasteiger partial charge >= 0.3 is 0 Å². The summed E-state index contributed by atoms with van der Waals surface area (Å²) in [4.78, 5) is -0.00704. The highest BCUT2D eigenvalue weighted by atomic mass is 35.5. The van der Waals surface area contributed by atoms with Crippen LogP contribution in [0.5, 0.6) is 0 Å². The van der Waals surface area contributed by atoms with Crippen molar-refractivity contribution in [2.75, 3.05) is 5.88 Å². The van der Waals surface area contributed by atoms with E-state index in [1.165, 1.54) is 38.2 Å². The average Bonchev–Trinajstić information content (AvgIpc) is 2.46. The van der Waals surface area contributed by atoms with Crippen LogP contribution in [-0.4, -0.2) is 18.9 Å². The van der Waals surface area contributed by atoms with Crippen molar-refractivity contribution in [1.29, 1.82) is 0 Å². The number of halogens is 1. The van der Waals surface area contributed by atoms with Gasteiger partial charge < -0.3 is 0 Å². The Morgan fingerprint density at radius 3 is 2.05 bits per heavy atom. The Hall–Kier alpha value is -0.580. The van der Waals surface area contributed by atoms with Crippen LogP contribution in [0.25, 0.3) is 0 Å². The lowest BCUT2D eigenvalue weighted by Gasteiger charge is -2.08. The third kappa shape index (κ3) is 7.61. The SMILES string of the molecule is Cc1ccc(S(=O)(=O)O)cc1CCCCCCCCCCCl. The molecular weight excluding hydrogens is 320 g/mol. The summed E-state index contributed by atoms with van der Waals surface area (Å²) in [5.41, 5.74) is 2.09. The van der Waals surface area contributed by atoms with E-state index < -0.39 is 10.1 Å². The van der Waals surface area contributed by atoms with E-state index in [2.05, 4.69) is 0 Å². The number of hydrogen-bond donors (Lipinski definition) is 1. The van der Waals surface area contributed by atoms with E-state index in [9.17, 15) is 8.42 Å². The molecule has 1 aromatic rings. The molecule has 0 bridgehead atoms. The smallest absolute Gasteiger partial charge is 0.282 e. The summed E-state index contributed by atoms with van der Waals surface area (Å²) in [6.07, 6.45) is 10.4. The molecule has 0 heterocycles. The average molecular weight is 347 g/mol. The molecule has 1 aromatic carbocycles. The van der Waals surface area contributed by atoms with Crippen LogP contribution >= 0.6 is 11.6 Å². The molecule has 0 aliphatic carbocycles.